The van der Waals surface area contributed by atoms with Crippen LogP contribution in [0.1, 0.15) is 38.7 Å². The number of carbonyl (C=O) groups excluding carboxylic acids is 1. The molecule has 1 aromatic heterocycles. The van der Waals surface area contributed by atoms with E-state index in [1.807, 2.05) is 19.1 Å². The number of esters is 1. The molecule has 1 atom stereocenters. The van der Waals surface area contributed by atoms with Gasteiger partial charge in [-0.3, -0.25) is 9.78 Å². The summed E-state index contributed by atoms with van der Waals surface area (Å²) in [5.41, 5.74) is 1.09. The fourth-order valence-electron chi connectivity index (χ4n) is 3.32. The molecule has 3 aromatic rings. The average Bonchev–Trinajstić information content (AvgIpc) is 2.95. The predicted octanol–water partition coefficient (Wildman–Crippen LogP) is 2.11. The Hall–Kier alpha value is -3.61. The summed E-state index contributed by atoms with van der Waals surface area (Å²) in [6.07, 6.45) is -1.09. The van der Waals surface area contributed by atoms with Gasteiger partial charge < -0.3 is 9.84 Å². The number of aromatic nitrogens is 2. The minimum Gasteiger partial charge on any atom is -0.494 e. The summed E-state index contributed by atoms with van der Waals surface area (Å²) in [5.74, 6) is -1.13. The highest BCUT2D eigenvalue weighted by atomic mass is 16.5. The van der Waals surface area contributed by atoms with Gasteiger partial charge in [-0.1, -0.05) is 30.3 Å². The molecule has 0 aliphatic carbocycles. The Kier molecular flexibility index (Phi) is 3.73. The van der Waals surface area contributed by atoms with E-state index in [1.54, 1.807) is 37.3 Å². The maximum atomic E-state index is 12.5. The molecular formula is C20H16N2O5. The molecule has 0 unspecified atom stereocenters. The highest BCUT2D eigenvalue weighted by Crippen LogP contribution is 2.37. The molecule has 2 aromatic carbocycles. The van der Waals surface area contributed by atoms with Gasteiger partial charge in [0.1, 0.15) is 5.56 Å². The summed E-state index contributed by atoms with van der Waals surface area (Å²) in [7, 11) is 0. The number of hydrogen-bond acceptors (Lipinski definition) is 5. The van der Waals surface area contributed by atoms with Crippen molar-refractivity contribution >= 4 is 5.97 Å². The molecule has 1 aliphatic heterocycles. The third kappa shape index (κ3) is 2.55. The van der Waals surface area contributed by atoms with E-state index in [0.29, 0.717) is 16.8 Å². The monoisotopic (exact) mass is 364 g/mol. The van der Waals surface area contributed by atoms with E-state index in [9.17, 15) is 19.5 Å². The van der Waals surface area contributed by atoms with Crippen molar-refractivity contribution in [3.63, 3.8) is 0 Å². The van der Waals surface area contributed by atoms with Crippen molar-refractivity contribution in [1.82, 2.24) is 9.55 Å². The van der Waals surface area contributed by atoms with Gasteiger partial charge in [0.2, 0.25) is 5.88 Å². The molecule has 136 valence electrons. The number of nitrogens with zero attached hydrogens (tertiary/aromatic N) is 1. The zero-order chi connectivity index (χ0) is 19.3. The van der Waals surface area contributed by atoms with Crippen LogP contribution in [0.15, 0.2) is 52.1 Å². The molecular weight excluding hydrogens is 348 g/mol. The first-order valence-electron chi connectivity index (χ1n) is 8.34. The van der Waals surface area contributed by atoms with Gasteiger partial charge in [-0.05, 0) is 37.1 Å². The maximum Gasteiger partial charge on any atom is 0.339 e. The minimum absolute atomic E-state index is 0.186. The van der Waals surface area contributed by atoms with E-state index < -0.39 is 29.2 Å². The number of nitrogens with one attached hydrogen (secondary N) is 1. The highest BCUT2D eigenvalue weighted by Gasteiger charge is 2.36. The lowest BCUT2D eigenvalue weighted by molar-refractivity contribution is 0.0449. The van der Waals surface area contributed by atoms with Crippen LogP contribution in [-0.4, -0.2) is 20.6 Å². The van der Waals surface area contributed by atoms with Crippen LogP contribution in [0, 0.1) is 13.8 Å². The standard InChI is InChI=1S/C20H16N2O5/c1-10-7-8-11(2)14(9-10)22-18(24)15(17(23)21-20(22)26)16-12-5-3-4-6-13(12)19(25)27-16/h3-9,16,24H,1-2H3,(H,21,23,26)/t16-/m0/s1. The SMILES string of the molecule is Cc1ccc(C)c(-n2c(O)c([C@H]3OC(=O)c4ccccc43)c(=O)[nH]c2=O)c1. The van der Waals surface area contributed by atoms with Crippen LogP contribution in [0.2, 0.25) is 0 Å². The van der Waals surface area contributed by atoms with E-state index in [-0.39, 0.29) is 5.56 Å². The zero-order valence-electron chi connectivity index (χ0n) is 14.6. The molecule has 4 rings (SSSR count). The van der Waals surface area contributed by atoms with Crippen molar-refractivity contribution in [1.29, 1.82) is 0 Å². The van der Waals surface area contributed by atoms with E-state index in [2.05, 4.69) is 4.98 Å². The number of H-pyrrole nitrogens is 1. The van der Waals surface area contributed by atoms with Crippen molar-refractivity contribution in [2.45, 2.75) is 20.0 Å². The first-order chi connectivity index (χ1) is 12.9. The van der Waals surface area contributed by atoms with Crippen molar-refractivity contribution in [2.75, 3.05) is 0 Å². The van der Waals surface area contributed by atoms with Crippen LogP contribution >= 0.6 is 0 Å². The summed E-state index contributed by atoms with van der Waals surface area (Å²) >= 11 is 0. The van der Waals surface area contributed by atoms with Crippen LogP contribution < -0.4 is 11.2 Å². The topological polar surface area (TPSA) is 101 Å². The second-order valence-corrected chi connectivity index (χ2v) is 6.49. The number of hydrogen-bond donors (Lipinski definition) is 2. The van der Waals surface area contributed by atoms with Crippen molar-refractivity contribution < 1.29 is 14.6 Å². The number of fused-ring (bicyclic) bond motifs is 1. The molecule has 0 radical (unpaired) electrons. The Morgan fingerprint density at radius 3 is 2.59 bits per heavy atom. The molecule has 0 saturated heterocycles. The number of aromatic hydroxyl groups is 1. The second-order valence-electron chi connectivity index (χ2n) is 6.49. The molecule has 7 nitrogen and oxygen atoms in total. The molecule has 2 N–H and O–H groups in total. The fourth-order valence-corrected chi connectivity index (χ4v) is 3.32. The number of ether oxygens (including phenoxy) is 1. The average molecular weight is 364 g/mol. The highest BCUT2D eigenvalue weighted by molar-refractivity contribution is 5.94. The summed E-state index contributed by atoms with van der Waals surface area (Å²) in [6, 6.07) is 12.0. The summed E-state index contributed by atoms with van der Waals surface area (Å²) in [4.78, 5) is 39.2. The molecule has 0 bridgehead atoms. The zero-order valence-corrected chi connectivity index (χ0v) is 14.6. The number of rotatable bonds is 2. The number of carbonyl (C=O) groups is 1. The molecule has 1 aliphatic rings. The van der Waals surface area contributed by atoms with Crippen LogP contribution in [0.5, 0.6) is 5.88 Å². The molecule has 2 heterocycles. The van der Waals surface area contributed by atoms with Gasteiger partial charge in [0.15, 0.2) is 6.10 Å². The first kappa shape index (κ1) is 16.8. The molecule has 7 heteroatoms. The number of benzene rings is 2. The Labute approximate surface area is 153 Å². The largest absolute Gasteiger partial charge is 0.494 e. The molecule has 0 amide bonds. The quantitative estimate of drug-likeness (QED) is 0.678. The van der Waals surface area contributed by atoms with Gasteiger partial charge in [0.05, 0.1) is 11.3 Å². The van der Waals surface area contributed by atoms with Gasteiger partial charge in [0, 0.05) is 5.56 Å². The van der Waals surface area contributed by atoms with E-state index in [1.165, 1.54) is 0 Å². The van der Waals surface area contributed by atoms with Gasteiger partial charge in [-0.15, -0.1) is 0 Å². The third-order valence-corrected chi connectivity index (χ3v) is 4.68. The molecule has 0 fully saturated rings. The number of cyclic esters (lactones) is 1. The normalized spacial score (nSPS) is 15.5. The predicted molar refractivity (Wildman–Crippen MR) is 97.5 cm³/mol. The van der Waals surface area contributed by atoms with Crippen LogP contribution in [-0.2, 0) is 4.74 Å². The molecule has 27 heavy (non-hydrogen) atoms. The Morgan fingerprint density at radius 1 is 1.07 bits per heavy atom. The van der Waals surface area contributed by atoms with E-state index in [4.69, 9.17) is 4.74 Å². The summed E-state index contributed by atoms with van der Waals surface area (Å²) in [5, 5.41) is 10.8. The van der Waals surface area contributed by atoms with Crippen LogP contribution in [0.3, 0.4) is 0 Å². The van der Waals surface area contributed by atoms with Gasteiger partial charge >= 0.3 is 11.7 Å². The smallest absolute Gasteiger partial charge is 0.339 e. The van der Waals surface area contributed by atoms with E-state index >= 15 is 0 Å². The minimum atomic E-state index is -1.09. The van der Waals surface area contributed by atoms with Crippen LogP contribution in [0.25, 0.3) is 5.69 Å². The van der Waals surface area contributed by atoms with E-state index in [0.717, 1.165) is 15.7 Å². The molecule has 0 saturated carbocycles. The number of aromatic amines is 1. The Bertz CT molecular complexity index is 1210. The first-order valence-corrected chi connectivity index (χ1v) is 8.34. The lowest BCUT2D eigenvalue weighted by atomic mass is 10.0. The fraction of sp³-hybridized carbons (Fsp3) is 0.150. The van der Waals surface area contributed by atoms with Gasteiger partial charge in [-0.2, -0.15) is 0 Å². The van der Waals surface area contributed by atoms with Crippen molar-refractivity contribution in [3.05, 3.63) is 91.1 Å². The third-order valence-electron chi connectivity index (χ3n) is 4.68. The lowest BCUT2D eigenvalue weighted by Gasteiger charge is -2.17. The number of aryl methyl sites for hydroxylation is 2. The van der Waals surface area contributed by atoms with Crippen molar-refractivity contribution in [3.8, 4) is 11.6 Å². The van der Waals surface area contributed by atoms with Crippen molar-refractivity contribution in [2.24, 2.45) is 0 Å². The Balaban J connectivity index is 2.00. The van der Waals surface area contributed by atoms with Crippen LogP contribution in [0.4, 0.5) is 0 Å². The summed E-state index contributed by atoms with van der Waals surface area (Å²) < 4.78 is 6.35. The Morgan fingerprint density at radius 2 is 1.81 bits per heavy atom. The molecule has 0 spiro atoms. The van der Waals surface area contributed by atoms with Gasteiger partial charge in [-0.25, -0.2) is 14.2 Å². The second kappa shape index (κ2) is 5.98. The maximum absolute atomic E-state index is 12.5. The van der Waals surface area contributed by atoms with Gasteiger partial charge in [0.25, 0.3) is 5.56 Å². The summed E-state index contributed by atoms with van der Waals surface area (Å²) in [6.45, 7) is 3.64. The lowest BCUT2D eigenvalue weighted by Crippen LogP contribution is -2.33.